The number of rotatable bonds is 9. The summed E-state index contributed by atoms with van der Waals surface area (Å²) in [5.41, 5.74) is 4.69. The van der Waals surface area contributed by atoms with Crippen LogP contribution in [0.25, 0.3) is 10.2 Å². The Kier molecular flexibility index (Phi) is 8.97. The first-order valence-electron chi connectivity index (χ1n) is 10.0. The lowest BCUT2D eigenvalue weighted by Gasteiger charge is -2.11. The van der Waals surface area contributed by atoms with Crippen LogP contribution in [0.2, 0.25) is 5.02 Å². The number of nitrogens with zero attached hydrogens (tertiary/aromatic N) is 3. The van der Waals surface area contributed by atoms with Crippen LogP contribution in [0.5, 0.6) is 5.75 Å². The molecule has 0 amide bonds. The Morgan fingerprint density at radius 2 is 2.21 bits per heavy atom. The normalized spacial score (nSPS) is 11.7. The van der Waals surface area contributed by atoms with Gasteiger partial charge in [-0.3, -0.25) is 5.43 Å². The Balaban J connectivity index is 1.75. The Morgan fingerprint density at radius 3 is 2.94 bits per heavy atom. The monoisotopic (exact) mass is 493 g/mol. The van der Waals surface area contributed by atoms with E-state index in [4.69, 9.17) is 16.3 Å². The number of hydrogen-bond donors (Lipinski definition) is 2. The Hall–Kier alpha value is -3.93. The van der Waals surface area contributed by atoms with Crippen molar-refractivity contribution in [3.05, 3.63) is 89.0 Å². The number of allylic oxidation sites excluding steroid dienone is 4. The van der Waals surface area contributed by atoms with E-state index in [2.05, 4.69) is 50.9 Å². The summed E-state index contributed by atoms with van der Waals surface area (Å²) in [5, 5.41) is 7.16. The highest BCUT2D eigenvalue weighted by atomic mass is 35.5. The van der Waals surface area contributed by atoms with Crippen LogP contribution in [0.1, 0.15) is 11.8 Å². The van der Waals surface area contributed by atoms with E-state index in [-0.39, 0.29) is 12.4 Å². The molecule has 3 rings (SSSR count). The van der Waals surface area contributed by atoms with Crippen molar-refractivity contribution in [3.8, 4) is 17.6 Å². The number of benzene rings is 1. The first kappa shape index (κ1) is 24.7. The van der Waals surface area contributed by atoms with Crippen LogP contribution in [0.15, 0.2) is 84.2 Å². The summed E-state index contributed by atoms with van der Waals surface area (Å²) in [4.78, 5) is 9.52. The fourth-order valence-corrected chi connectivity index (χ4v) is 3.82. The number of ether oxygens (including phenoxy) is 1. The number of anilines is 2. The van der Waals surface area contributed by atoms with E-state index in [1.165, 1.54) is 29.8 Å². The number of hydrazone groups is 1. The van der Waals surface area contributed by atoms with E-state index in [0.29, 0.717) is 22.2 Å². The lowest BCUT2D eigenvalue weighted by Crippen LogP contribution is -2.01. The van der Waals surface area contributed by atoms with E-state index in [0.717, 1.165) is 20.8 Å². The highest BCUT2D eigenvalue weighted by Crippen LogP contribution is 2.33. The Bertz CT molecular complexity index is 1350. The second-order valence-corrected chi connectivity index (χ2v) is 8.05. The molecule has 0 aliphatic heterocycles. The third kappa shape index (κ3) is 6.78. The fraction of sp³-hybridized carbons (Fsp3) is 0.0800. The topological polar surface area (TPSA) is 71.4 Å². The highest BCUT2D eigenvalue weighted by molar-refractivity contribution is 7.20. The number of halogens is 2. The van der Waals surface area contributed by atoms with Crippen molar-refractivity contribution < 1.29 is 9.13 Å². The molecule has 9 heteroatoms. The van der Waals surface area contributed by atoms with E-state index >= 15 is 0 Å². The summed E-state index contributed by atoms with van der Waals surface area (Å²) < 4.78 is 20.1. The zero-order valence-electron chi connectivity index (χ0n) is 18.3. The standard InChI is InChI=1S/C25H21ClFN5OS/c1-4-17(12-18(27)5-2)15-33-23-10-9-19(13-21(23)26)32-25-24-22(29-16-30-25)14-20(34-24)8-6-7-11-31-28-3/h4-5,7,9-14,16,31H,1,3,15H2,2H3,(H,29,30,32)/b11-7+,17-12+,18-5+. The summed E-state index contributed by atoms with van der Waals surface area (Å²) in [6.45, 7) is 8.75. The van der Waals surface area contributed by atoms with Crippen molar-refractivity contribution in [1.82, 2.24) is 15.4 Å². The Labute approximate surface area is 206 Å². The molecule has 0 unspecified atom stereocenters. The third-order valence-electron chi connectivity index (χ3n) is 4.29. The van der Waals surface area contributed by atoms with Gasteiger partial charge >= 0.3 is 0 Å². The van der Waals surface area contributed by atoms with Crippen LogP contribution in [-0.4, -0.2) is 23.3 Å². The summed E-state index contributed by atoms with van der Waals surface area (Å²) in [5.74, 6) is 6.71. The smallest absolute Gasteiger partial charge is 0.151 e. The predicted octanol–water partition coefficient (Wildman–Crippen LogP) is 6.52. The minimum absolute atomic E-state index is 0.137. The molecule has 0 saturated heterocycles. The van der Waals surface area contributed by atoms with Crippen molar-refractivity contribution in [1.29, 1.82) is 0 Å². The van der Waals surface area contributed by atoms with E-state index < -0.39 is 0 Å². The summed E-state index contributed by atoms with van der Waals surface area (Å²) in [7, 11) is 0. The van der Waals surface area contributed by atoms with Gasteiger partial charge in [-0.25, -0.2) is 14.4 Å². The molecule has 2 heterocycles. The quantitative estimate of drug-likeness (QED) is 0.153. The van der Waals surface area contributed by atoms with Crippen molar-refractivity contribution in [3.63, 3.8) is 0 Å². The molecule has 0 bridgehead atoms. The van der Waals surface area contributed by atoms with Gasteiger partial charge in [-0.15, -0.1) is 11.3 Å². The molecular weight excluding hydrogens is 473 g/mol. The zero-order chi connectivity index (χ0) is 24.3. The molecule has 3 aromatic rings. The lowest BCUT2D eigenvalue weighted by atomic mass is 10.2. The molecule has 0 spiro atoms. The summed E-state index contributed by atoms with van der Waals surface area (Å²) in [6, 6.07) is 7.19. The molecule has 0 aliphatic rings. The van der Waals surface area contributed by atoms with Crippen LogP contribution in [0, 0.1) is 11.8 Å². The first-order valence-corrected chi connectivity index (χ1v) is 11.2. The van der Waals surface area contributed by atoms with Gasteiger partial charge in [-0.1, -0.05) is 42.2 Å². The van der Waals surface area contributed by atoms with Crippen LogP contribution in [-0.2, 0) is 0 Å². The summed E-state index contributed by atoms with van der Waals surface area (Å²) >= 11 is 7.88. The molecule has 0 fully saturated rings. The van der Waals surface area contributed by atoms with Crippen LogP contribution >= 0.6 is 22.9 Å². The van der Waals surface area contributed by atoms with Gasteiger partial charge in [0.05, 0.1) is 20.1 Å². The molecule has 172 valence electrons. The van der Waals surface area contributed by atoms with Gasteiger partial charge in [0.15, 0.2) is 5.82 Å². The van der Waals surface area contributed by atoms with Crippen molar-refractivity contribution >= 4 is 51.4 Å². The van der Waals surface area contributed by atoms with E-state index in [1.54, 1.807) is 37.4 Å². The number of hydrogen-bond acceptors (Lipinski definition) is 7. The molecule has 0 radical (unpaired) electrons. The number of nitrogens with one attached hydrogen (secondary N) is 2. The van der Waals surface area contributed by atoms with Crippen molar-refractivity contribution in [2.75, 3.05) is 11.9 Å². The molecule has 34 heavy (non-hydrogen) atoms. The fourth-order valence-electron chi connectivity index (χ4n) is 2.66. The van der Waals surface area contributed by atoms with Gasteiger partial charge in [-0.2, -0.15) is 5.10 Å². The second kappa shape index (κ2) is 12.3. The number of fused-ring (bicyclic) bond motifs is 1. The zero-order valence-corrected chi connectivity index (χ0v) is 19.9. The van der Waals surface area contributed by atoms with Gasteiger partial charge in [-0.05, 0) is 42.8 Å². The molecule has 0 aliphatic carbocycles. The van der Waals surface area contributed by atoms with Gasteiger partial charge < -0.3 is 10.1 Å². The molecule has 1 aromatic carbocycles. The van der Waals surface area contributed by atoms with Crippen LogP contribution in [0.3, 0.4) is 0 Å². The molecule has 0 saturated carbocycles. The lowest BCUT2D eigenvalue weighted by molar-refractivity contribution is 0.355. The maximum atomic E-state index is 13.5. The van der Waals surface area contributed by atoms with Gasteiger partial charge in [0.25, 0.3) is 0 Å². The van der Waals surface area contributed by atoms with Crippen molar-refractivity contribution in [2.45, 2.75) is 6.92 Å². The minimum Gasteiger partial charge on any atom is -0.487 e. The van der Waals surface area contributed by atoms with Gasteiger partial charge in [0.2, 0.25) is 0 Å². The third-order valence-corrected chi connectivity index (χ3v) is 5.63. The SMILES string of the molecule is C=C/C(=C\C(F)=C/C)COc1ccc(Nc2ncnc3cc(C#C/C=C/NN=C)sc23)cc1Cl. The maximum absolute atomic E-state index is 13.5. The second-order valence-electron chi connectivity index (χ2n) is 6.59. The maximum Gasteiger partial charge on any atom is 0.151 e. The molecular formula is C25H21ClFN5OS. The first-order chi connectivity index (χ1) is 16.5. The molecule has 6 nitrogen and oxygen atoms in total. The molecule has 0 atom stereocenters. The van der Waals surface area contributed by atoms with Crippen LogP contribution < -0.4 is 15.5 Å². The predicted molar refractivity (Wildman–Crippen MR) is 139 cm³/mol. The molecule has 2 aromatic heterocycles. The molecule has 2 N–H and O–H groups in total. The van der Waals surface area contributed by atoms with Gasteiger partial charge in [0.1, 0.15) is 24.5 Å². The van der Waals surface area contributed by atoms with Crippen molar-refractivity contribution in [2.24, 2.45) is 5.10 Å². The largest absolute Gasteiger partial charge is 0.487 e. The van der Waals surface area contributed by atoms with E-state index in [9.17, 15) is 4.39 Å². The van der Waals surface area contributed by atoms with Gasteiger partial charge in [0, 0.05) is 24.7 Å². The Morgan fingerprint density at radius 1 is 1.35 bits per heavy atom. The average molecular weight is 494 g/mol. The number of thiophene rings is 1. The van der Waals surface area contributed by atoms with Crippen LogP contribution in [0.4, 0.5) is 15.9 Å². The summed E-state index contributed by atoms with van der Waals surface area (Å²) in [6.07, 6.45) is 8.98. The number of aromatic nitrogens is 2. The minimum atomic E-state index is -0.360. The van der Waals surface area contributed by atoms with E-state index in [1.807, 2.05) is 12.1 Å². The highest BCUT2D eigenvalue weighted by Gasteiger charge is 2.10. The average Bonchev–Trinajstić information content (AvgIpc) is 3.26.